The van der Waals surface area contributed by atoms with Crippen LogP contribution in [-0.4, -0.2) is 9.13 Å². The Kier molecular flexibility index (Phi) is 4.56. The number of fused-ring (bicyclic) bond motifs is 10. The lowest BCUT2D eigenvalue weighted by molar-refractivity contribution is 0.751. The van der Waals surface area contributed by atoms with E-state index in [1.165, 1.54) is 75.9 Å². The lowest BCUT2D eigenvalue weighted by atomic mass is 9.84. The van der Waals surface area contributed by atoms with Crippen molar-refractivity contribution in [3.63, 3.8) is 0 Å². The fraction of sp³-hybridized carbons (Fsp3) is 0.0811. The van der Waals surface area contributed by atoms with Crippen LogP contribution >= 0.6 is 11.3 Å². The van der Waals surface area contributed by atoms with Gasteiger partial charge in [0.25, 0.3) is 0 Å². The van der Waals surface area contributed by atoms with Gasteiger partial charge in [0.2, 0.25) is 0 Å². The molecule has 5 aromatic carbocycles. The van der Waals surface area contributed by atoms with E-state index in [-0.39, 0.29) is 0 Å². The molecule has 2 nitrogen and oxygen atoms in total. The summed E-state index contributed by atoms with van der Waals surface area (Å²) >= 11 is 1.91. The van der Waals surface area contributed by atoms with E-state index in [1.54, 1.807) is 0 Å². The Morgan fingerprint density at radius 3 is 2.05 bits per heavy atom. The van der Waals surface area contributed by atoms with E-state index in [2.05, 4.69) is 137 Å². The fourth-order valence-corrected chi connectivity index (χ4v) is 8.38. The summed E-state index contributed by atoms with van der Waals surface area (Å²) in [6, 6.07) is 44.5. The van der Waals surface area contributed by atoms with E-state index >= 15 is 0 Å². The fourth-order valence-electron chi connectivity index (χ4n) is 7.17. The number of hydrogen-bond acceptors (Lipinski definition) is 1. The predicted octanol–water partition coefficient (Wildman–Crippen LogP) is 10.3. The second-order valence-electron chi connectivity index (χ2n) is 11.0. The van der Waals surface area contributed by atoms with Crippen LogP contribution in [0, 0.1) is 0 Å². The molecular formula is C37H26N2S. The van der Waals surface area contributed by atoms with E-state index in [9.17, 15) is 0 Å². The first-order valence-electron chi connectivity index (χ1n) is 14.0. The number of thiophene rings is 1. The molecule has 0 radical (unpaired) electrons. The molecule has 0 saturated carbocycles. The zero-order valence-electron chi connectivity index (χ0n) is 22.1. The van der Waals surface area contributed by atoms with Gasteiger partial charge in [-0.1, -0.05) is 91.9 Å². The first kappa shape index (κ1) is 22.2. The molecule has 0 amide bonds. The SMILES string of the molecule is CC1Cc2c(n(-c3ccccc3)c3ccccc23)-c2c1c1ccccc1n2-c1cccc2c1sc1ccccc12. The van der Waals surface area contributed by atoms with Gasteiger partial charge in [-0.05, 0) is 59.9 Å². The minimum Gasteiger partial charge on any atom is -0.307 e. The van der Waals surface area contributed by atoms with Crippen molar-refractivity contribution in [2.45, 2.75) is 19.3 Å². The predicted molar refractivity (Wildman–Crippen MR) is 171 cm³/mol. The number of hydrogen-bond donors (Lipinski definition) is 0. The van der Waals surface area contributed by atoms with Gasteiger partial charge >= 0.3 is 0 Å². The van der Waals surface area contributed by atoms with E-state index in [0.29, 0.717) is 5.92 Å². The Morgan fingerprint density at radius 2 is 1.23 bits per heavy atom. The van der Waals surface area contributed by atoms with Crippen molar-refractivity contribution in [3.05, 3.63) is 132 Å². The Labute approximate surface area is 236 Å². The lowest BCUT2D eigenvalue weighted by Crippen LogP contribution is -2.12. The van der Waals surface area contributed by atoms with Gasteiger partial charge in [0.1, 0.15) is 0 Å². The molecule has 1 aliphatic rings. The van der Waals surface area contributed by atoms with Crippen molar-refractivity contribution >= 4 is 53.3 Å². The molecule has 0 aliphatic heterocycles. The van der Waals surface area contributed by atoms with Crippen LogP contribution in [0.25, 0.3) is 64.7 Å². The summed E-state index contributed by atoms with van der Waals surface area (Å²) in [5.41, 5.74) is 10.6. The van der Waals surface area contributed by atoms with Crippen molar-refractivity contribution in [3.8, 4) is 22.8 Å². The zero-order valence-corrected chi connectivity index (χ0v) is 23.0. The minimum atomic E-state index is 0.408. The summed E-state index contributed by atoms with van der Waals surface area (Å²) in [5.74, 6) is 0.408. The molecule has 0 spiro atoms. The smallest absolute Gasteiger partial charge is 0.0748 e. The lowest BCUT2D eigenvalue weighted by Gasteiger charge is -2.25. The monoisotopic (exact) mass is 530 g/mol. The highest BCUT2D eigenvalue weighted by atomic mass is 32.1. The second kappa shape index (κ2) is 8.20. The molecule has 8 aromatic rings. The van der Waals surface area contributed by atoms with Gasteiger partial charge in [-0.2, -0.15) is 0 Å². The molecule has 40 heavy (non-hydrogen) atoms. The Hall–Kier alpha value is -4.60. The molecule has 1 unspecified atom stereocenters. The molecule has 3 aromatic heterocycles. The molecular weight excluding hydrogens is 504 g/mol. The molecule has 9 rings (SSSR count). The summed E-state index contributed by atoms with van der Waals surface area (Å²) in [4.78, 5) is 0. The van der Waals surface area contributed by atoms with Gasteiger partial charge in [0, 0.05) is 31.9 Å². The first-order valence-corrected chi connectivity index (χ1v) is 14.8. The van der Waals surface area contributed by atoms with Crippen LogP contribution in [0.3, 0.4) is 0 Å². The summed E-state index contributed by atoms with van der Waals surface area (Å²) in [5, 5.41) is 5.38. The van der Waals surface area contributed by atoms with Gasteiger partial charge in [0.05, 0.1) is 32.8 Å². The Balaban J connectivity index is 1.50. The molecule has 0 N–H and O–H groups in total. The van der Waals surface area contributed by atoms with Crippen molar-refractivity contribution in [1.29, 1.82) is 0 Å². The molecule has 3 heteroatoms. The maximum atomic E-state index is 2.58. The molecule has 190 valence electrons. The molecule has 0 bridgehead atoms. The van der Waals surface area contributed by atoms with Crippen LogP contribution in [0.15, 0.2) is 121 Å². The van der Waals surface area contributed by atoms with Gasteiger partial charge < -0.3 is 9.13 Å². The van der Waals surface area contributed by atoms with Crippen LogP contribution in [0.2, 0.25) is 0 Å². The second-order valence-corrected chi connectivity index (χ2v) is 12.0. The molecule has 1 atom stereocenters. The van der Waals surface area contributed by atoms with Gasteiger partial charge in [0.15, 0.2) is 0 Å². The van der Waals surface area contributed by atoms with E-state index in [0.717, 1.165) is 6.42 Å². The highest BCUT2D eigenvalue weighted by Gasteiger charge is 2.34. The topological polar surface area (TPSA) is 9.86 Å². The first-order chi connectivity index (χ1) is 19.8. The zero-order chi connectivity index (χ0) is 26.4. The maximum Gasteiger partial charge on any atom is 0.0748 e. The van der Waals surface area contributed by atoms with E-state index in [4.69, 9.17) is 0 Å². The molecule has 1 aliphatic carbocycles. The summed E-state index contributed by atoms with van der Waals surface area (Å²) < 4.78 is 7.77. The highest BCUT2D eigenvalue weighted by molar-refractivity contribution is 7.26. The van der Waals surface area contributed by atoms with E-state index in [1.807, 2.05) is 11.3 Å². The quantitative estimate of drug-likeness (QED) is 0.210. The van der Waals surface area contributed by atoms with Gasteiger partial charge in [-0.25, -0.2) is 0 Å². The summed E-state index contributed by atoms with van der Waals surface area (Å²) in [6.07, 6.45) is 1.03. The minimum absolute atomic E-state index is 0.408. The van der Waals surface area contributed by atoms with Crippen LogP contribution in [-0.2, 0) is 6.42 Å². The third-order valence-electron chi connectivity index (χ3n) is 8.76. The number of benzene rings is 5. The van der Waals surface area contributed by atoms with Gasteiger partial charge in [-0.15, -0.1) is 11.3 Å². The third-order valence-corrected chi connectivity index (χ3v) is 9.97. The van der Waals surface area contributed by atoms with Crippen LogP contribution < -0.4 is 0 Å². The highest BCUT2D eigenvalue weighted by Crippen LogP contribution is 2.51. The van der Waals surface area contributed by atoms with Crippen molar-refractivity contribution in [2.75, 3.05) is 0 Å². The Bertz CT molecular complexity index is 2260. The van der Waals surface area contributed by atoms with Crippen LogP contribution in [0.1, 0.15) is 24.0 Å². The summed E-state index contributed by atoms with van der Waals surface area (Å²) in [6.45, 7) is 2.41. The maximum absolute atomic E-state index is 2.58. The third kappa shape index (κ3) is 2.88. The normalized spacial score (nSPS) is 14.8. The van der Waals surface area contributed by atoms with Crippen molar-refractivity contribution in [2.24, 2.45) is 0 Å². The molecule has 0 saturated heterocycles. The van der Waals surface area contributed by atoms with E-state index < -0.39 is 0 Å². The number of para-hydroxylation sites is 3. The van der Waals surface area contributed by atoms with Gasteiger partial charge in [-0.3, -0.25) is 0 Å². The largest absolute Gasteiger partial charge is 0.307 e. The number of aromatic nitrogens is 2. The standard InChI is InChI=1S/C37H26N2S/c1-23-22-29-25-14-5-8-18-30(25)38(24-12-3-2-4-13-24)35(29)36-34(23)28-16-6-9-19-31(28)39(36)32-20-11-17-27-26-15-7-10-21-33(26)40-37(27)32/h2-21,23H,22H2,1H3. The average Bonchev–Trinajstić information content (AvgIpc) is 3.66. The van der Waals surface area contributed by atoms with Crippen molar-refractivity contribution < 1.29 is 0 Å². The molecule has 3 heterocycles. The molecule has 0 fully saturated rings. The number of nitrogens with zero attached hydrogens (tertiary/aromatic N) is 2. The van der Waals surface area contributed by atoms with Crippen LogP contribution in [0.5, 0.6) is 0 Å². The van der Waals surface area contributed by atoms with Crippen molar-refractivity contribution in [1.82, 2.24) is 9.13 Å². The Morgan fingerprint density at radius 1 is 0.575 bits per heavy atom. The number of rotatable bonds is 2. The summed E-state index contributed by atoms with van der Waals surface area (Å²) in [7, 11) is 0. The van der Waals surface area contributed by atoms with Crippen LogP contribution in [0.4, 0.5) is 0 Å². The average molecular weight is 531 g/mol.